The third kappa shape index (κ3) is 6.39. The average Bonchev–Trinajstić information content (AvgIpc) is 2.70. The zero-order valence-electron chi connectivity index (χ0n) is 15.7. The van der Waals surface area contributed by atoms with Crippen molar-refractivity contribution < 1.29 is 8.78 Å². The molecule has 0 saturated heterocycles. The van der Waals surface area contributed by atoms with Crippen LogP contribution in [0, 0.1) is 11.6 Å². The summed E-state index contributed by atoms with van der Waals surface area (Å²) in [5.41, 5.74) is 16.8. The molecule has 154 valence electrons. The first-order valence-corrected chi connectivity index (χ1v) is 8.58. The second kappa shape index (κ2) is 10.7. The van der Waals surface area contributed by atoms with E-state index in [1.807, 2.05) is 48.5 Å². The highest BCUT2D eigenvalue weighted by atomic mass is 35.5. The Morgan fingerprint density at radius 1 is 0.800 bits per heavy atom. The molecule has 3 aromatic carbocycles. The minimum Gasteiger partial charge on any atom is -0.369 e. The summed E-state index contributed by atoms with van der Waals surface area (Å²) in [5, 5.41) is 11.3. The Morgan fingerprint density at radius 2 is 1.37 bits per heavy atom. The van der Waals surface area contributed by atoms with E-state index in [0.717, 1.165) is 34.4 Å². The molecule has 3 aromatic rings. The van der Waals surface area contributed by atoms with Crippen LogP contribution in [0.5, 0.6) is 0 Å². The smallest absolute Gasteiger partial charge is 0.211 e. The number of guanidine groups is 1. The number of nitrogens with one attached hydrogen (secondary N) is 1. The van der Waals surface area contributed by atoms with E-state index in [0.29, 0.717) is 0 Å². The van der Waals surface area contributed by atoms with Gasteiger partial charge in [0.25, 0.3) is 0 Å². The molecular formula is C21H19ClF2N6. The normalized spacial score (nSPS) is 10.7. The number of anilines is 1. The van der Waals surface area contributed by atoms with Crippen LogP contribution >= 0.6 is 12.4 Å². The third-order valence-corrected chi connectivity index (χ3v) is 3.86. The summed E-state index contributed by atoms with van der Waals surface area (Å²) >= 11 is 0. The highest BCUT2D eigenvalue weighted by Crippen LogP contribution is 2.20. The molecule has 0 aromatic heterocycles. The summed E-state index contributed by atoms with van der Waals surface area (Å²) in [6.07, 6.45) is 3.11. The van der Waals surface area contributed by atoms with Crippen LogP contribution in [-0.4, -0.2) is 18.4 Å². The Labute approximate surface area is 178 Å². The number of nitrogens with zero attached hydrogens (tertiary/aromatic N) is 3. The molecule has 0 bridgehead atoms. The molecule has 0 heterocycles. The molecule has 0 amide bonds. The van der Waals surface area contributed by atoms with Crippen LogP contribution in [0.3, 0.4) is 0 Å². The van der Waals surface area contributed by atoms with E-state index in [2.05, 4.69) is 20.7 Å². The second-order valence-electron chi connectivity index (χ2n) is 6.01. The van der Waals surface area contributed by atoms with Gasteiger partial charge in [-0.05, 0) is 34.4 Å². The van der Waals surface area contributed by atoms with Gasteiger partial charge in [-0.1, -0.05) is 48.5 Å². The van der Waals surface area contributed by atoms with Crippen molar-refractivity contribution in [2.24, 2.45) is 26.8 Å². The number of hydrogen-bond acceptors (Lipinski definition) is 4. The maximum absolute atomic E-state index is 13.5. The summed E-state index contributed by atoms with van der Waals surface area (Å²) in [7, 11) is 0. The molecule has 0 aliphatic heterocycles. The largest absolute Gasteiger partial charge is 0.369 e. The predicted molar refractivity (Wildman–Crippen MR) is 120 cm³/mol. The molecule has 5 N–H and O–H groups in total. The van der Waals surface area contributed by atoms with Gasteiger partial charge in [-0.3, -0.25) is 5.43 Å². The van der Waals surface area contributed by atoms with E-state index in [4.69, 9.17) is 11.5 Å². The van der Waals surface area contributed by atoms with Gasteiger partial charge in [-0.25, -0.2) is 8.78 Å². The van der Waals surface area contributed by atoms with E-state index in [1.165, 1.54) is 6.07 Å². The fourth-order valence-corrected chi connectivity index (χ4v) is 2.44. The van der Waals surface area contributed by atoms with E-state index in [1.54, 1.807) is 12.4 Å². The van der Waals surface area contributed by atoms with Gasteiger partial charge in [0, 0.05) is 6.07 Å². The fraction of sp³-hybridized carbons (Fsp3) is 0. The molecule has 0 saturated carbocycles. The number of rotatable bonds is 6. The Morgan fingerprint density at radius 3 is 1.90 bits per heavy atom. The molecule has 0 atom stereocenters. The molecule has 6 nitrogen and oxygen atoms in total. The average molecular weight is 429 g/mol. The lowest BCUT2D eigenvalue weighted by Crippen LogP contribution is -2.21. The second-order valence-corrected chi connectivity index (χ2v) is 6.01. The number of hydrogen-bond donors (Lipinski definition) is 3. The summed E-state index contributed by atoms with van der Waals surface area (Å²) in [4.78, 5) is 0. The molecular weight excluding hydrogens is 410 g/mol. The first-order chi connectivity index (χ1) is 14.0. The highest BCUT2D eigenvalue weighted by Gasteiger charge is 2.02. The van der Waals surface area contributed by atoms with Gasteiger partial charge in [-0.2, -0.15) is 10.2 Å². The standard InChI is InChI=1S/C21H18F2N6.ClH/c22-18-9-10-20(19(23)11-18)28-26-12-14-1-5-16(6-2-14)17-7-3-15(4-8-17)13-27-29-21(24)25;/h1-13,28H,(H4,24,25,29);1H/b26-12+,27-13+;. The highest BCUT2D eigenvalue weighted by molar-refractivity contribution is 5.85. The topological polar surface area (TPSA) is 101 Å². The van der Waals surface area contributed by atoms with Gasteiger partial charge in [0.05, 0.1) is 18.1 Å². The first kappa shape index (κ1) is 22.5. The number of hydrazone groups is 1. The Bertz CT molecular complexity index is 1060. The van der Waals surface area contributed by atoms with Crippen LogP contribution in [-0.2, 0) is 0 Å². The molecule has 30 heavy (non-hydrogen) atoms. The van der Waals surface area contributed by atoms with Gasteiger partial charge in [0.1, 0.15) is 5.82 Å². The first-order valence-electron chi connectivity index (χ1n) is 8.58. The Balaban J connectivity index is 0.00000320. The minimum absolute atomic E-state index is 0. The molecule has 9 heteroatoms. The quantitative estimate of drug-likeness (QED) is 0.313. The summed E-state index contributed by atoms with van der Waals surface area (Å²) < 4.78 is 26.4. The Hall–Kier alpha value is -3.78. The number of nitrogens with two attached hydrogens (primary N) is 2. The van der Waals surface area contributed by atoms with Crippen molar-refractivity contribution in [3.8, 4) is 11.1 Å². The molecule has 0 aliphatic rings. The molecule has 0 unspecified atom stereocenters. The number of halogens is 3. The lowest BCUT2D eigenvalue weighted by molar-refractivity contribution is 0.585. The van der Waals surface area contributed by atoms with Crippen molar-refractivity contribution in [1.29, 1.82) is 0 Å². The molecule has 0 aliphatic carbocycles. The van der Waals surface area contributed by atoms with E-state index < -0.39 is 11.6 Å². The van der Waals surface area contributed by atoms with Crippen molar-refractivity contribution in [3.63, 3.8) is 0 Å². The van der Waals surface area contributed by atoms with Crippen molar-refractivity contribution in [1.82, 2.24) is 0 Å². The third-order valence-electron chi connectivity index (χ3n) is 3.86. The van der Waals surface area contributed by atoms with Gasteiger partial charge in [-0.15, -0.1) is 17.5 Å². The molecule has 0 fully saturated rings. The maximum atomic E-state index is 13.5. The van der Waals surface area contributed by atoms with Crippen molar-refractivity contribution in [3.05, 3.63) is 89.5 Å². The fourth-order valence-electron chi connectivity index (χ4n) is 2.44. The summed E-state index contributed by atoms with van der Waals surface area (Å²) in [6.45, 7) is 0. The molecule has 0 radical (unpaired) electrons. The number of benzene rings is 3. The van der Waals surface area contributed by atoms with Crippen LogP contribution in [0.2, 0.25) is 0 Å². The van der Waals surface area contributed by atoms with Crippen LogP contribution in [0.25, 0.3) is 11.1 Å². The SMILES string of the molecule is Cl.NC(N)=N/N=C/c1ccc(-c2ccc(/C=N/Nc3ccc(F)cc3F)cc2)cc1. The maximum Gasteiger partial charge on any atom is 0.211 e. The van der Waals surface area contributed by atoms with Crippen LogP contribution in [0.4, 0.5) is 14.5 Å². The van der Waals surface area contributed by atoms with Gasteiger partial charge in [0.2, 0.25) is 5.96 Å². The van der Waals surface area contributed by atoms with Crippen LogP contribution < -0.4 is 16.9 Å². The minimum atomic E-state index is -0.704. The molecule has 3 rings (SSSR count). The Kier molecular flexibility index (Phi) is 8.01. The van der Waals surface area contributed by atoms with Crippen molar-refractivity contribution >= 4 is 36.5 Å². The summed E-state index contributed by atoms with van der Waals surface area (Å²) in [6, 6.07) is 18.6. The molecule has 0 spiro atoms. The monoisotopic (exact) mass is 428 g/mol. The zero-order valence-corrected chi connectivity index (χ0v) is 16.5. The zero-order chi connectivity index (χ0) is 20.6. The summed E-state index contributed by atoms with van der Waals surface area (Å²) in [5.74, 6) is -1.44. The van der Waals surface area contributed by atoms with Gasteiger partial charge in [0.15, 0.2) is 5.82 Å². The van der Waals surface area contributed by atoms with Crippen molar-refractivity contribution in [2.45, 2.75) is 0 Å². The lowest BCUT2D eigenvalue weighted by atomic mass is 10.0. The van der Waals surface area contributed by atoms with Crippen LogP contribution in [0.15, 0.2) is 82.0 Å². The van der Waals surface area contributed by atoms with E-state index in [-0.39, 0.29) is 24.1 Å². The lowest BCUT2D eigenvalue weighted by Gasteiger charge is -2.04. The van der Waals surface area contributed by atoms with Crippen LogP contribution in [0.1, 0.15) is 11.1 Å². The van der Waals surface area contributed by atoms with E-state index in [9.17, 15) is 8.78 Å². The predicted octanol–water partition coefficient (Wildman–Crippen LogP) is 4.11. The van der Waals surface area contributed by atoms with Crippen molar-refractivity contribution in [2.75, 3.05) is 5.43 Å². The van der Waals surface area contributed by atoms with E-state index >= 15 is 0 Å². The van der Waals surface area contributed by atoms with Gasteiger partial charge >= 0.3 is 0 Å². The van der Waals surface area contributed by atoms with Gasteiger partial charge < -0.3 is 11.5 Å².